The van der Waals surface area contributed by atoms with Crippen LogP contribution in [0.4, 0.5) is 0 Å². The molecule has 2 N–H and O–H groups in total. The van der Waals surface area contributed by atoms with Gasteiger partial charge in [-0.15, -0.1) is 0 Å². The summed E-state index contributed by atoms with van der Waals surface area (Å²) in [7, 11) is 0. The fourth-order valence-electron chi connectivity index (χ4n) is 0.934. The van der Waals surface area contributed by atoms with Crippen LogP contribution in [0.25, 0.3) is 0 Å². The number of hydrogen-bond donors (Lipinski definition) is 1. The molecule has 1 aromatic rings. The first kappa shape index (κ1) is 11.7. The first-order valence-electron chi connectivity index (χ1n) is 4.25. The van der Waals surface area contributed by atoms with E-state index in [1.165, 1.54) is 0 Å². The van der Waals surface area contributed by atoms with Gasteiger partial charge in [0.1, 0.15) is 12.0 Å². The van der Waals surface area contributed by atoms with Crippen molar-refractivity contribution in [3.8, 4) is 5.75 Å². The minimum atomic E-state index is -0.705. The van der Waals surface area contributed by atoms with E-state index in [9.17, 15) is 9.59 Å². The second kappa shape index (κ2) is 4.93. The molecule has 1 atom stereocenters. The predicted octanol–water partition coefficient (Wildman–Crippen LogP) is 1.51. The molecule has 0 saturated heterocycles. The van der Waals surface area contributed by atoms with Gasteiger partial charge in [-0.05, 0) is 41.1 Å². The summed E-state index contributed by atoms with van der Waals surface area (Å²) in [6.45, 7) is 1.56. The van der Waals surface area contributed by atoms with Gasteiger partial charge >= 0.3 is 0 Å². The van der Waals surface area contributed by atoms with Gasteiger partial charge < -0.3 is 10.5 Å². The highest BCUT2D eigenvalue weighted by atomic mass is 79.9. The lowest BCUT2D eigenvalue weighted by Crippen LogP contribution is -2.30. The van der Waals surface area contributed by atoms with E-state index in [4.69, 9.17) is 10.5 Å². The number of rotatable bonds is 4. The van der Waals surface area contributed by atoms with Crippen LogP contribution in [0, 0.1) is 0 Å². The van der Waals surface area contributed by atoms with Crippen LogP contribution in [0.15, 0.2) is 22.7 Å². The third kappa shape index (κ3) is 3.06. The summed E-state index contributed by atoms with van der Waals surface area (Å²) in [4.78, 5) is 21.2. The summed E-state index contributed by atoms with van der Waals surface area (Å²) in [5.41, 5.74) is 5.58. The van der Waals surface area contributed by atoms with Crippen LogP contribution >= 0.6 is 15.9 Å². The fourth-order valence-corrected chi connectivity index (χ4v) is 1.42. The van der Waals surface area contributed by atoms with E-state index >= 15 is 0 Å². The number of aldehydes is 1. The number of carbonyl (C=O) groups is 2. The molecule has 0 radical (unpaired) electrons. The standard InChI is InChI=1S/C10H10BrNO3/c1-6(10(12)14)15-9-3-2-7(5-13)4-8(9)11/h2-6H,1H3,(H2,12,14). The van der Waals surface area contributed by atoms with Crippen molar-refractivity contribution in [2.45, 2.75) is 13.0 Å². The second-order valence-corrected chi connectivity index (χ2v) is 3.82. The van der Waals surface area contributed by atoms with Crippen molar-refractivity contribution >= 4 is 28.1 Å². The Hall–Kier alpha value is -1.36. The number of benzene rings is 1. The quantitative estimate of drug-likeness (QED) is 0.845. The number of primary amides is 1. The van der Waals surface area contributed by atoms with E-state index in [1.54, 1.807) is 25.1 Å². The Labute approximate surface area is 95.5 Å². The second-order valence-electron chi connectivity index (χ2n) is 2.97. The van der Waals surface area contributed by atoms with Gasteiger partial charge in [0.05, 0.1) is 4.47 Å². The number of ether oxygens (including phenoxy) is 1. The molecular formula is C10H10BrNO3. The van der Waals surface area contributed by atoms with Crippen molar-refractivity contribution in [1.29, 1.82) is 0 Å². The lowest BCUT2D eigenvalue weighted by Gasteiger charge is -2.12. The fraction of sp³-hybridized carbons (Fsp3) is 0.200. The molecule has 0 saturated carbocycles. The number of halogens is 1. The number of carbonyl (C=O) groups excluding carboxylic acids is 2. The predicted molar refractivity (Wildman–Crippen MR) is 58.8 cm³/mol. The average molecular weight is 272 g/mol. The van der Waals surface area contributed by atoms with E-state index in [1.807, 2.05) is 0 Å². The van der Waals surface area contributed by atoms with Crippen LogP contribution in [0.3, 0.4) is 0 Å². The SMILES string of the molecule is CC(Oc1ccc(C=O)cc1Br)C(N)=O. The Morgan fingerprint density at radius 2 is 2.27 bits per heavy atom. The molecule has 80 valence electrons. The van der Waals surface area contributed by atoms with Crippen molar-refractivity contribution in [3.63, 3.8) is 0 Å². The molecule has 0 bridgehead atoms. The van der Waals surface area contributed by atoms with Gasteiger partial charge in [0.2, 0.25) is 0 Å². The van der Waals surface area contributed by atoms with Crippen molar-refractivity contribution in [2.24, 2.45) is 5.73 Å². The molecular weight excluding hydrogens is 262 g/mol. The number of amides is 1. The van der Waals surface area contributed by atoms with Crippen LogP contribution in [0.1, 0.15) is 17.3 Å². The first-order chi connectivity index (χ1) is 7.04. The monoisotopic (exact) mass is 271 g/mol. The van der Waals surface area contributed by atoms with Crippen molar-refractivity contribution < 1.29 is 14.3 Å². The zero-order valence-electron chi connectivity index (χ0n) is 8.07. The molecule has 0 spiro atoms. The van der Waals surface area contributed by atoms with Gasteiger partial charge in [-0.3, -0.25) is 9.59 Å². The first-order valence-corrected chi connectivity index (χ1v) is 5.04. The summed E-state index contributed by atoms with van der Waals surface area (Å²) in [6.07, 6.45) is 0.0230. The maximum absolute atomic E-state index is 10.8. The topological polar surface area (TPSA) is 69.4 Å². The third-order valence-corrected chi connectivity index (χ3v) is 2.42. The largest absolute Gasteiger partial charge is 0.480 e. The Bertz CT molecular complexity index is 392. The molecule has 1 aromatic carbocycles. The third-order valence-electron chi connectivity index (χ3n) is 1.80. The smallest absolute Gasteiger partial charge is 0.258 e. The van der Waals surface area contributed by atoms with E-state index in [0.717, 1.165) is 6.29 Å². The molecule has 1 rings (SSSR count). The molecule has 5 heteroatoms. The van der Waals surface area contributed by atoms with Crippen LogP contribution in [-0.4, -0.2) is 18.3 Å². The van der Waals surface area contributed by atoms with Gasteiger partial charge in [0.15, 0.2) is 6.10 Å². The van der Waals surface area contributed by atoms with Crippen molar-refractivity contribution in [1.82, 2.24) is 0 Å². The molecule has 15 heavy (non-hydrogen) atoms. The van der Waals surface area contributed by atoms with E-state index in [0.29, 0.717) is 15.8 Å². The van der Waals surface area contributed by atoms with Crippen LogP contribution < -0.4 is 10.5 Å². The van der Waals surface area contributed by atoms with E-state index in [2.05, 4.69) is 15.9 Å². The molecule has 0 aliphatic carbocycles. The zero-order chi connectivity index (χ0) is 11.4. The molecule has 1 unspecified atom stereocenters. The Balaban J connectivity index is 2.87. The zero-order valence-corrected chi connectivity index (χ0v) is 9.65. The summed E-state index contributed by atoms with van der Waals surface area (Å²) in [5, 5.41) is 0. The lowest BCUT2D eigenvalue weighted by molar-refractivity contribution is -0.124. The molecule has 0 fully saturated rings. The van der Waals surface area contributed by atoms with Crippen LogP contribution in [0.5, 0.6) is 5.75 Å². The van der Waals surface area contributed by atoms with Crippen molar-refractivity contribution in [3.05, 3.63) is 28.2 Å². The van der Waals surface area contributed by atoms with Gasteiger partial charge in [-0.2, -0.15) is 0 Å². The maximum Gasteiger partial charge on any atom is 0.258 e. The lowest BCUT2D eigenvalue weighted by atomic mass is 10.2. The Kier molecular flexibility index (Phi) is 3.85. The minimum Gasteiger partial charge on any atom is -0.480 e. The summed E-state index contributed by atoms with van der Waals surface area (Å²) < 4.78 is 5.88. The molecule has 0 aliphatic heterocycles. The van der Waals surface area contributed by atoms with Crippen molar-refractivity contribution in [2.75, 3.05) is 0 Å². The summed E-state index contributed by atoms with van der Waals surface area (Å²) >= 11 is 3.23. The number of hydrogen-bond acceptors (Lipinski definition) is 3. The molecule has 0 aromatic heterocycles. The maximum atomic E-state index is 10.8. The van der Waals surface area contributed by atoms with E-state index < -0.39 is 12.0 Å². The number of nitrogens with two attached hydrogens (primary N) is 1. The van der Waals surface area contributed by atoms with Gasteiger partial charge in [0, 0.05) is 5.56 Å². The average Bonchev–Trinajstić information content (AvgIpc) is 2.20. The Morgan fingerprint density at radius 3 is 2.73 bits per heavy atom. The van der Waals surface area contributed by atoms with Gasteiger partial charge in [-0.25, -0.2) is 0 Å². The van der Waals surface area contributed by atoms with E-state index in [-0.39, 0.29) is 0 Å². The molecule has 4 nitrogen and oxygen atoms in total. The highest BCUT2D eigenvalue weighted by Crippen LogP contribution is 2.26. The molecule has 0 aliphatic rings. The van der Waals surface area contributed by atoms with Crippen LogP contribution in [0.2, 0.25) is 0 Å². The van der Waals surface area contributed by atoms with Crippen LogP contribution in [-0.2, 0) is 4.79 Å². The normalized spacial score (nSPS) is 11.9. The summed E-state index contributed by atoms with van der Waals surface area (Å²) in [5.74, 6) is -0.0618. The summed E-state index contributed by atoms with van der Waals surface area (Å²) in [6, 6.07) is 4.81. The Morgan fingerprint density at radius 1 is 1.60 bits per heavy atom. The highest BCUT2D eigenvalue weighted by molar-refractivity contribution is 9.10. The molecule has 1 amide bonds. The minimum absolute atomic E-state index is 0.479. The van der Waals surface area contributed by atoms with Gasteiger partial charge in [0.25, 0.3) is 5.91 Å². The van der Waals surface area contributed by atoms with Gasteiger partial charge in [-0.1, -0.05) is 0 Å². The molecule has 0 heterocycles. The highest BCUT2D eigenvalue weighted by Gasteiger charge is 2.12.